The zero-order valence-electron chi connectivity index (χ0n) is 10.2. The maximum absolute atomic E-state index is 12.0. The van der Waals surface area contributed by atoms with E-state index < -0.39 is 0 Å². The number of aromatic nitrogens is 3. The number of para-hydroxylation sites is 1. The molecule has 100 valence electrons. The zero-order chi connectivity index (χ0) is 14.1. The van der Waals surface area contributed by atoms with Gasteiger partial charge in [0, 0.05) is 4.47 Å². The van der Waals surface area contributed by atoms with E-state index in [1.165, 1.54) is 4.57 Å². The van der Waals surface area contributed by atoms with Crippen LogP contribution in [0.25, 0.3) is 17.1 Å². The van der Waals surface area contributed by atoms with Crippen molar-refractivity contribution in [3.8, 4) is 22.8 Å². The van der Waals surface area contributed by atoms with Crippen molar-refractivity contribution >= 4 is 15.9 Å². The minimum absolute atomic E-state index is 0.0739. The highest BCUT2D eigenvalue weighted by atomic mass is 79.9. The summed E-state index contributed by atoms with van der Waals surface area (Å²) >= 11 is 3.35. The van der Waals surface area contributed by atoms with Gasteiger partial charge in [0.2, 0.25) is 0 Å². The number of nitrogens with zero attached hydrogens (tertiary/aromatic N) is 2. The summed E-state index contributed by atoms with van der Waals surface area (Å²) in [6.07, 6.45) is 0. The van der Waals surface area contributed by atoms with Crippen LogP contribution in [0.2, 0.25) is 0 Å². The first kappa shape index (κ1) is 12.7. The van der Waals surface area contributed by atoms with Crippen LogP contribution < -0.4 is 5.69 Å². The quantitative estimate of drug-likeness (QED) is 0.758. The Balaban J connectivity index is 2.23. The maximum atomic E-state index is 12.0. The molecule has 0 aliphatic rings. The van der Waals surface area contributed by atoms with Crippen LogP contribution in [-0.2, 0) is 0 Å². The van der Waals surface area contributed by atoms with Crippen molar-refractivity contribution in [2.24, 2.45) is 0 Å². The molecule has 0 unspecified atom stereocenters. The topological polar surface area (TPSA) is 70.9 Å². The van der Waals surface area contributed by atoms with Crippen LogP contribution >= 0.6 is 15.9 Å². The van der Waals surface area contributed by atoms with E-state index in [2.05, 4.69) is 26.1 Å². The number of nitrogens with one attached hydrogen (secondary N) is 1. The van der Waals surface area contributed by atoms with Crippen molar-refractivity contribution in [2.45, 2.75) is 0 Å². The van der Waals surface area contributed by atoms with Crippen LogP contribution in [0, 0.1) is 0 Å². The van der Waals surface area contributed by atoms with Crippen LogP contribution in [0.3, 0.4) is 0 Å². The molecule has 0 fully saturated rings. The molecule has 0 bridgehead atoms. The molecule has 6 heteroatoms. The number of phenolic OH excluding ortho intramolecular Hbond substituents is 1. The minimum Gasteiger partial charge on any atom is -0.507 e. The summed E-state index contributed by atoms with van der Waals surface area (Å²) in [7, 11) is 0. The molecule has 5 nitrogen and oxygen atoms in total. The molecule has 0 spiro atoms. The first-order valence-electron chi connectivity index (χ1n) is 5.88. The van der Waals surface area contributed by atoms with E-state index in [0.29, 0.717) is 17.1 Å². The third-order valence-electron chi connectivity index (χ3n) is 2.90. The van der Waals surface area contributed by atoms with Crippen LogP contribution in [-0.4, -0.2) is 19.9 Å². The van der Waals surface area contributed by atoms with Gasteiger partial charge in [-0.25, -0.2) is 14.5 Å². The number of halogens is 1. The van der Waals surface area contributed by atoms with Gasteiger partial charge in [-0.1, -0.05) is 28.1 Å². The van der Waals surface area contributed by atoms with E-state index >= 15 is 0 Å². The molecule has 1 heterocycles. The fraction of sp³-hybridized carbons (Fsp3) is 0. The van der Waals surface area contributed by atoms with Crippen molar-refractivity contribution in [3.05, 3.63) is 63.5 Å². The van der Waals surface area contributed by atoms with Gasteiger partial charge in [-0.05, 0) is 36.4 Å². The molecule has 0 amide bonds. The van der Waals surface area contributed by atoms with Crippen LogP contribution in [0.4, 0.5) is 0 Å². The van der Waals surface area contributed by atoms with E-state index in [-0.39, 0.29) is 11.4 Å². The molecule has 1 aromatic heterocycles. The summed E-state index contributed by atoms with van der Waals surface area (Å²) in [5, 5.41) is 16.3. The fourth-order valence-corrected chi connectivity index (χ4v) is 2.23. The number of hydrogen-bond acceptors (Lipinski definition) is 3. The van der Waals surface area contributed by atoms with E-state index in [9.17, 15) is 9.90 Å². The monoisotopic (exact) mass is 331 g/mol. The first-order chi connectivity index (χ1) is 9.66. The smallest absolute Gasteiger partial charge is 0.348 e. The number of aromatic hydroxyl groups is 1. The molecule has 20 heavy (non-hydrogen) atoms. The Labute approximate surface area is 122 Å². The van der Waals surface area contributed by atoms with Gasteiger partial charge < -0.3 is 5.11 Å². The average molecular weight is 332 g/mol. The highest BCUT2D eigenvalue weighted by molar-refractivity contribution is 9.10. The number of phenols is 1. The van der Waals surface area contributed by atoms with Gasteiger partial charge in [0.1, 0.15) is 5.75 Å². The maximum Gasteiger partial charge on any atom is 0.348 e. The molecule has 0 saturated carbocycles. The molecular formula is C14H10BrN3O2. The van der Waals surface area contributed by atoms with Crippen molar-refractivity contribution in [1.82, 2.24) is 14.8 Å². The van der Waals surface area contributed by atoms with E-state index in [0.717, 1.165) is 4.47 Å². The van der Waals surface area contributed by atoms with Gasteiger partial charge in [-0.15, -0.1) is 0 Å². The summed E-state index contributed by atoms with van der Waals surface area (Å²) in [5.41, 5.74) is 0.810. The first-order valence-corrected chi connectivity index (χ1v) is 6.68. The van der Waals surface area contributed by atoms with E-state index in [4.69, 9.17) is 0 Å². The predicted octanol–water partition coefficient (Wildman–Crippen LogP) is 2.70. The largest absolute Gasteiger partial charge is 0.507 e. The molecule has 0 aliphatic heterocycles. The Bertz CT molecular complexity index is 806. The number of aromatic amines is 1. The second kappa shape index (κ2) is 4.97. The number of benzene rings is 2. The lowest BCUT2D eigenvalue weighted by molar-refractivity contribution is 0.476. The van der Waals surface area contributed by atoms with Gasteiger partial charge >= 0.3 is 5.69 Å². The lowest BCUT2D eigenvalue weighted by Crippen LogP contribution is -2.15. The Morgan fingerprint density at radius 3 is 2.50 bits per heavy atom. The normalized spacial score (nSPS) is 10.7. The second-order valence-corrected chi connectivity index (χ2v) is 5.10. The number of hydrogen-bond donors (Lipinski definition) is 2. The van der Waals surface area contributed by atoms with Crippen molar-refractivity contribution < 1.29 is 5.11 Å². The summed E-state index contributed by atoms with van der Waals surface area (Å²) < 4.78 is 2.34. The van der Waals surface area contributed by atoms with Crippen LogP contribution in [0.1, 0.15) is 0 Å². The predicted molar refractivity (Wildman–Crippen MR) is 79.0 cm³/mol. The lowest BCUT2D eigenvalue weighted by atomic mass is 10.2. The highest BCUT2D eigenvalue weighted by Gasteiger charge is 2.15. The average Bonchev–Trinajstić information content (AvgIpc) is 2.82. The third-order valence-corrected chi connectivity index (χ3v) is 3.43. The molecule has 0 saturated heterocycles. The Morgan fingerprint density at radius 2 is 1.80 bits per heavy atom. The van der Waals surface area contributed by atoms with Gasteiger partial charge in [0.15, 0.2) is 5.82 Å². The van der Waals surface area contributed by atoms with Crippen LogP contribution in [0.15, 0.2) is 57.8 Å². The lowest BCUT2D eigenvalue weighted by Gasteiger charge is -2.07. The summed E-state index contributed by atoms with van der Waals surface area (Å²) in [6, 6.07) is 14.0. The molecule has 0 aliphatic carbocycles. The van der Waals surface area contributed by atoms with Gasteiger partial charge in [-0.3, -0.25) is 0 Å². The Kier molecular flexibility index (Phi) is 3.15. The second-order valence-electron chi connectivity index (χ2n) is 4.18. The molecule has 0 atom stereocenters. The summed E-state index contributed by atoms with van der Waals surface area (Å²) in [4.78, 5) is 12.0. The van der Waals surface area contributed by atoms with E-state index in [1.54, 1.807) is 36.4 Å². The van der Waals surface area contributed by atoms with Gasteiger partial charge in [0.05, 0.1) is 11.3 Å². The van der Waals surface area contributed by atoms with Gasteiger partial charge in [-0.2, -0.15) is 5.10 Å². The highest BCUT2D eigenvalue weighted by Crippen LogP contribution is 2.27. The van der Waals surface area contributed by atoms with Crippen LogP contribution in [0.5, 0.6) is 5.75 Å². The Hall–Kier alpha value is -2.34. The number of H-pyrrole nitrogens is 1. The molecule has 2 aromatic carbocycles. The fourth-order valence-electron chi connectivity index (χ4n) is 1.97. The minimum atomic E-state index is -0.356. The number of rotatable bonds is 2. The summed E-state index contributed by atoms with van der Waals surface area (Å²) in [5.74, 6) is 0.445. The molecule has 2 N–H and O–H groups in total. The molecular weight excluding hydrogens is 322 g/mol. The molecule has 3 rings (SSSR count). The Morgan fingerprint density at radius 1 is 1.10 bits per heavy atom. The van der Waals surface area contributed by atoms with Crippen molar-refractivity contribution in [1.29, 1.82) is 0 Å². The SMILES string of the molecule is O=c1[nH]nc(-c2ccccc2O)n1-c1ccc(Br)cc1. The standard InChI is InChI=1S/C14H10BrN3O2/c15-9-5-7-10(8-6-9)18-13(16-17-14(18)20)11-3-1-2-4-12(11)19/h1-8,19H,(H,17,20). The van der Waals surface area contributed by atoms with E-state index in [1.807, 2.05) is 12.1 Å². The third kappa shape index (κ3) is 2.14. The molecule has 0 radical (unpaired) electrons. The van der Waals surface area contributed by atoms with Crippen molar-refractivity contribution in [3.63, 3.8) is 0 Å². The summed E-state index contributed by atoms with van der Waals surface area (Å²) in [6.45, 7) is 0. The van der Waals surface area contributed by atoms with Gasteiger partial charge in [0.25, 0.3) is 0 Å². The zero-order valence-corrected chi connectivity index (χ0v) is 11.8. The molecule has 3 aromatic rings. The van der Waals surface area contributed by atoms with Crippen molar-refractivity contribution in [2.75, 3.05) is 0 Å².